The summed E-state index contributed by atoms with van der Waals surface area (Å²) in [6, 6.07) is 4.20. The lowest BCUT2D eigenvalue weighted by Gasteiger charge is -2.32. The smallest absolute Gasteiger partial charge is 0.410 e. The number of benzene rings is 1. The number of hydrogen-bond donors (Lipinski definition) is 4. The largest absolute Gasteiger partial charge is 0.467 e. The van der Waals surface area contributed by atoms with Crippen molar-refractivity contribution in [2.24, 2.45) is 23.7 Å². The Bertz CT molecular complexity index is 1330. The summed E-state index contributed by atoms with van der Waals surface area (Å²) in [4.78, 5) is 81.8. The van der Waals surface area contributed by atoms with Crippen molar-refractivity contribution in [3.8, 4) is 0 Å². The van der Waals surface area contributed by atoms with Crippen molar-refractivity contribution < 1.29 is 38.2 Å². The van der Waals surface area contributed by atoms with Crippen LogP contribution in [0.2, 0.25) is 0 Å². The van der Waals surface area contributed by atoms with Gasteiger partial charge in [0.05, 0.1) is 7.11 Å². The van der Waals surface area contributed by atoms with Crippen LogP contribution in [-0.4, -0.2) is 90.6 Å². The minimum absolute atomic E-state index is 0.00271. The van der Waals surface area contributed by atoms with Gasteiger partial charge >= 0.3 is 12.1 Å². The molecule has 0 aliphatic rings. The highest BCUT2D eigenvalue weighted by Crippen LogP contribution is 2.17. The Morgan fingerprint density at radius 1 is 0.654 bits per heavy atom. The average Bonchev–Trinajstić information content (AvgIpc) is 3.03. The standard InChI is InChI=1S/C39H65N5O8/c1-23(2)19-28(33(45)42-30(37(49)51-13)22-27-17-15-14-16-18-27)41-36(48)32(26(7)8)43-34(46)29(20-24(3)4)40-35(47)31(21-25(5)6)44(12)38(50)52-39(9,10)11/h14-18,23-26,28-32H,19-22H2,1-13H3,(H,40,47)(H,41,48)(H,42,45)(H,43,46)/t28-,29-,30-,31-,32-/m0/s1. The Kier molecular flexibility index (Phi) is 18.9. The van der Waals surface area contributed by atoms with Crippen molar-refractivity contribution in [2.45, 2.75) is 138 Å². The molecule has 0 aliphatic heterocycles. The van der Waals surface area contributed by atoms with Crippen LogP contribution in [-0.2, 0) is 39.9 Å². The molecule has 1 aromatic carbocycles. The van der Waals surface area contributed by atoms with E-state index in [2.05, 4.69) is 21.3 Å². The van der Waals surface area contributed by atoms with Gasteiger partial charge in [-0.05, 0) is 69.3 Å². The van der Waals surface area contributed by atoms with E-state index in [0.717, 1.165) is 5.56 Å². The predicted octanol–water partition coefficient (Wildman–Crippen LogP) is 4.37. The molecular weight excluding hydrogens is 666 g/mol. The van der Waals surface area contributed by atoms with Gasteiger partial charge in [0.15, 0.2) is 0 Å². The number of rotatable bonds is 19. The second kappa shape index (κ2) is 21.4. The summed E-state index contributed by atoms with van der Waals surface area (Å²) in [5.74, 6) is -3.21. The van der Waals surface area contributed by atoms with Crippen LogP contribution in [0.4, 0.5) is 4.79 Å². The zero-order chi connectivity index (χ0) is 39.9. The lowest BCUT2D eigenvalue weighted by molar-refractivity contribution is -0.145. The van der Waals surface area contributed by atoms with Crippen molar-refractivity contribution in [1.82, 2.24) is 26.2 Å². The van der Waals surface area contributed by atoms with Crippen LogP contribution in [0.3, 0.4) is 0 Å². The first-order valence-corrected chi connectivity index (χ1v) is 18.3. The molecule has 1 aromatic rings. The number of carbonyl (C=O) groups is 6. The lowest BCUT2D eigenvalue weighted by Crippen LogP contribution is -2.60. The number of esters is 1. The Hall–Kier alpha value is -4.16. The summed E-state index contributed by atoms with van der Waals surface area (Å²) < 4.78 is 10.5. The Morgan fingerprint density at radius 3 is 1.56 bits per heavy atom. The minimum atomic E-state index is -1.06. The Labute approximate surface area is 311 Å². The summed E-state index contributed by atoms with van der Waals surface area (Å²) >= 11 is 0. The van der Waals surface area contributed by atoms with Gasteiger partial charge in [-0.3, -0.25) is 24.1 Å². The molecule has 0 fully saturated rings. The van der Waals surface area contributed by atoms with Gasteiger partial charge in [-0.15, -0.1) is 0 Å². The zero-order valence-corrected chi connectivity index (χ0v) is 33.6. The second-order valence-electron chi connectivity index (χ2n) is 16.1. The third-order valence-corrected chi connectivity index (χ3v) is 8.16. The molecule has 1 rings (SSSR count). The van der Waals surface area contributed by atoms with Crippen molar-refractivity contribution >= 4 is 35.7 Å². The van der Waals surface area contributed by atoms with E-state index in [-0.39, 0.29) is 37.0 Å². The maximum atomic E-state index is 13.9. The molecule has 0 spiro atoms. The molecule has 13 nitrogen and oxygen atoms in total. The van der Waals surface area contributed by atoms with Crippen molar-refractivity contribution in [2.75, 3.05) is 14.2 Å². The van der Waals surface area contributed by atoms with Gasteiger partial charge in [-0.25, -0.2) is 9.59 Å². The number of hydrogen-bond acceptors (Lipinski definition) is 8. The summed E-state index contributed by atoms with van der Waals surface area (Å²) in [6.07, 6.45) is 0.400. The van der Waals surface area contributed by atoms with E-state index in [1.54, 1.807) is 34.6 Å². The van der Waals surface area contributed by atoms with Gasteiger partial charge < -0.3 is 30.7 Å². The average molecular weight is 732 g/mol. The van der Waals surface area contributed by atoms with Crippen molar-refractivity contribution in [3.63, 3.8) is 0 Å². The zero-order valence-electron chi connectivity index (χ0n) is 33.6. The first-order valence-electron chi connectivity index (χ1n) is 18.3. The fourth-order valence-corrected chi connectivity index (χ4v) is 5.53. The van der Waals surface area contributed by atoms with Gasteiger partial charge in [0.1, 0.15) is 35.8 Å². The van der Waals surface area contributed by atoms with Gasteiger partial charge in [-0.1, -0.05) is 85.7 Å². The highest BCUT2D eigenvalue weighted by Gasteiger charge is 2.36. The van der Waals surface area contributed by atoms with Crippen LogP contribution in [0.5, 0.6) is 0 Å². The molecule has 0 radical (unpaired) electrons. The lowest BCUT2D eigenvalue weighted by atomic mass is 9.97. The number of nitrogens with one attached hydrogen (secondary N) is 4. The van der Waals surface area contributed by atoms with Gasteiger partial charge in [0.25, 0.3) is 0 Å². The number of nitrogens with zero attached hydrogens (tertiary/aromatic N) is 1. The normalized spacial score (nSPS) is 14.6. The fraction of sp³-hybridized carbons (Fsp3) is 0.692. The van der Waals surface area contributed by atoms with Crippen LogP contribution in [0.1, 0.15) is 101 Å². The molecule has 5 amide bonds. The van der Waals surface area contributed by atoms with Crippen molar-refractivity contribution in [1.29, 1.82) is 0 Å². The highest BCUT2D eigenvalue weighted by molar-refractivity contribution is 5.96. The number of likely N-dealkylation sites (N-methyl/N-ethyl adjacent to an activating group) is 1. The molecule has 0 bridgehead atoms. The number of ether oxygens (including phenoxy) is 2. The van der Waals surface area contributed by atoms with Gasteiger partial charge in [0, 0.05) is 13.5 Å². The van der Waals surface area contributed by atoms with Crippen LogP contribution < -0.4 is 21.3 Å². The van der Waals surface area contributed by atoms with E-state index >= 15 is 0 Å². The molecule has 0 saturated heterocycles. The summed E-state index contributed by atoms with van der Waals surface area (Å²) in [7, 11) is 2.74. The maximum Gasteiger partial charge on any atom is 0.410 e. The molecule has 13 heteroatoms. The molecule has 5 atom stereocenters. The summed E-state index contributed by atoms with van der Waals surface area (Å²) in [5.41, 5.74) is 0.0526. The number of methoxy groups -OCH3 is 1. The fourth-order valence-electron chi connectivity index (χ4n) is 5.53. The first kappa shape index (κ1) is 45.9. The number of carbonyl (C=O) groups excluding carboxylic acids is 6. The molecule has 52 heavy (non-hydrogen) atoms. The van der Waals surface area contributed by atoms with Crippen LogP contribution in [0.25, 0.3) is 0 Å². The maximum absolute atomic E-state index is 13.9. The predicted molar refractivity (Wildman–Crippen MR) is 201 cm³/mol. The first-order chi connectivity index (χ1) is 24.1. The SMILES string of the molecule is COC(=O)[C@H](Cc1ccccc1)NC(=O)[C@H](CC(C)C)NC(=O)[C@@H](NC(=O)[C@H](CC(C)C)NC(=O)[C@H](CC(C)C)N(C)C(=O)OC(C)(C)C)C(C)C. The quantitative estimate of drug-likeness (QED) is 0.152. The second-order valence-corrected chi connectivity index (χ2v) is 16.1. The van der Waals surface area contributed by atoms with Crippen LogP contribution >= 0.6 is 0 Å². The third kappa shape index (κ3) is 16.5. The molecule has 4 N–H and O–H groups in total. The topological polar surface area (TPSA) is 172 Å². The Balaban J connectivity index is 3.26. The highest BCUT2D eigenvalue weighted by atomic mass is 16.6. The summed E-state index contributed by atoms with van der Waals surface area (Å²) in [6.45, 7) is 20.2. The molecule has 0 aromatic heterocycles. The number of amides is 5. The molecule has 294 valence electrons. The Morgan fingerprint density at radius 2 is 1.12 bits per heavy atom. The van der Waals surface area contributed by atoms with Gasteiger partial charge in [-0.2, -0.15) is 0 Å². The molecule has 0 unspecified atom stereocenters. The van der Waals surface area contributed by atoms with E-state index in [4.69, 9.17) is 9.47 Å². The van der Waals surface area contributed by atoms with E-state index in [1.807, 2.05) is 71.9 Å². The molecule has 0 aliphatic carbocycles. The third-order valence-electron chi connectivity index (χ3n) is 8.16. The minimum Gasteiger partial charge on any atom is -0.467 e. The van der Waals surface area contributed by atoms with E-state index in [1.165, 1.54) is 19.1 Å². The van der Waals surface area contributed by atoms with E-state index in [9.17, 15) is 28.8 Å². The molecule has 0 saturated carbocycles. The van der Waals surface area contributed by atoms with E-state index < -0.39 is 77.4 Å². The van der Waals surface area contributed by atoms with Gasteiger partial charge in [0.2, 0.25) is 23.6 Å². The van der Waals surface area contributed by atoms with Crippen LogP contribution in [0, 0.1) is 23.7 Å². The van der Waals surface area contributed by atoms with E-state index in [0.29, 0.717) is 6.42 Å². The van der Waals surface area contributed by atoms with Crippen LogP contribution in [0.15, 0.2) is 30.3 Å². The molecule has 0 heterocycles. The monoisotopic (exact) mass is 731 g/mol. The van der Waals surface area contributed by atoms with Crippen molar-refractivity contribution in [3.05, 3.63) is 35.9 Å². The molecular formula is C39H65N5O8. The summed E-state index contributed by atoms with van der Waals surface area (Å²) in [5, 5.41) is 11.2.